The molecule has 5 rings (SSSR count). The number of carbonyl (C=O) groups is 1. The van der Waals surface area contributed by atoms with Gasteiger partial charge in [-0.05, 0) is 51.8 Å². The Morgan fingerprint density at radius 2 is 1.88 bits per heavy atom. The topological polar surface area (TPSA) is 106 Å². The molecule has 41 heavy (non-hydrogen) atoms. The zero-order valence-electron chi connectivity index (χ0n) is 23.1. The zero-order valence-corrected chi connectivity index (χ0v) is 24.6. The van der Waals surface area contributed by atoms with Crippen molar-refractivity contribution >= 4 is 51.7 Å². The summed E-state index contributed by atoms with van der Waals surface area (Å²) in [4.78, 5) is 23.5. The standard InChI is InChI=1S/C29H33Cl2FN4O5/c1-29(2,3)41-28(38)36-16-5-6-17(36)12-18(11-16)40-24-13-19-22(14-23(24)39-10-4-9-37)33-15-34-27(19)35-21-8-7-20(30)25(31)26(21)32/h7-8,13-18,37H,4-6,9-12H2,1-3H3,(H,33,34,35)/t16-,17+,18?. The van der Waals surface area contributed by atoms with Crippen LogP contribution >= 0.6 is 23.2 Å². The molecule has 2 bridgehead atoms. The number of fused-ring (bicyclic) bond motifs is 3. The van der Waals surface area contributed by atoms with Crippen LogP contribution in [0.1, 0.15) is 52.9 Å². The van der Waals surface area contributed by atoms with Crippen LogP contribution in [0, 0.1) is 5.82 Å². The van der Waals surface area contributed by atoms with Crippen LogP contribution in [-0.4, -0.2) is 63.1 Å². The summed E-state index contributed by atoms with van der Waals surface area (Å²) in [5, 5.41) is 12.7. The molecule has 0 radical (unpaired) electrons. The van der Waals surface area contributed by atoms with E-state index in [-0.39, 0.29) is 53.2 Å². The Balaban J connectivity index is 1.43. The molecule has 2 saturated heterocycles. The highest BCUT2D eigenvalue weighted by Gasteiger charge is 2.45. The normalized spacial score (nSPS) is 20.3. The van der Waals surface area contributed by atoms with Crippen LogP contribution in [0.3, 0.4) is 0 Å². The smallest absolute Gasteiger partial charge is 0.410 e. The number of aromatic nitrogens is 2. The number of nitrogens with zero attached hydrogens (tertiary/aromatic N) is 3. The number of aliphatic hydroxyl groups is 1. The van der Waals surface area contributed by atoms with E-state index in [4.69, 9.17) is 37.4 Å². The van der Waals surface area contributed by atoms with E-state index in [1.165, 1.54) is 18.5 Å². The maximum Gasteiger partial charge on any atom is 0.410 e. The lowest BCUT2D eigenvalue weighted by Gasteiger charge is -2.39. The van der Waals surface area contributed by atoms with Gasteiger partial charge in [0, 0.05) is 49.4 Å². The summed E-state index contributed by atoms with van der Waals surface area (Å²) in [5.41, 5.74) is 0.0921. The van der Waals surface area contributed by atoms with Gasteiger partial charge in [0.1, 0.15) is 23.9 Å². The number of ether oxygens (including phenoxy) is 3. The van der Waals surface area contributed by atoms with E-state index in [9.17, 15) is 14.3 Å². The minimum absolute atomic E-state index is 0.0122. The third-order valence-electron chi connectivity index (χ3n) is 7.14. The van der Waals surface area contributed by atoms with Crippen molar-refractivity contribution < 1.29 is 28.5 Å². The summed E-state index contributed by atoms with van der Waals surface area (Å²) in [6, 6.07) is 6.53. The van der Waals surface area contributed by atoms with Gasteiger partial charge in [0.05, 0.1) is 27.9 Å². The van der Waals surface area contributed by atoms with E-state index < -0.39 is 11.4 Å². The van der Waals surface area contributed by atoms with Crippen LogP contribution < -0.4 is 14.8 Å². The molecule has 2 aromatic carbocycles. The molecule has 3 aromatic rings. The third kappa shape index (κ3) is 6.55. The number of rotatable bonds is 8. The van der Waals surface area contributed by atoms with E-state index in [0.29, 0.717) is 47.5 Å². The first kappa shape index (κ1) is 29.4. The van der Waals surface area contributed by atoms with Crippen LogP contribution in [-0.2, 0) is 4.74 Å². The van der Waals surface area contributed by atoms with Crippen LogP contribution in [0.4, 0.5) is 20.7 Å². The summed E-state index contributed by atoms with van der Waals surface area (Å²) in [5.74, 6) is 0.591. The summed E-state index contributed by atoms with van der Waals surface area (Å²) in [6.45, 7) is 5.86. The Labute approximate surface area is 247 Å². The molecule has 220 valence electrons. The third-order valence-corrected chi connectivity index (χ3v) is 7.92. The average molecular weight is 608 g/mol. The van der Waals surface area contributed by atoms with Gasteiger partial charge in [-0.15, -0.1) is 0 Å². The molecule has 1 aromatic heterocycles. The molecule has 2 N–H and O–H groups in total. The van der Waals surface area contributed by atoms with Gasteiger partial charge in [-0.1, -0.05) is 23.2 Å². The van der Waals surface area contributed by atoms with E-state index in [0.717, 1.165) is 12.8 Å². The number of nitrogens with one attached hydrogen (secondary N) is 1. The molecule has 3 atom stereocenters. The van der Waals surface area contributed by atoms with Crippen molar-refractivity contribution in [2.45, 2.75) is 76.7 Å². The van der Waals surface area contributed by atoms with Crippen molar-refractivity contribution in [3.05, 3.63) is 46.5 Å². The van der Waals surface area contributed by atoms with Crippen molar-refractivity contribution in [1.82, 2.24) is 14.9 Å². The highest BCUT2D eigenvalue weighted by molar-refractivity contribution is 6.42. The number of piperidine rings is 1. The maximum absolute atomic E-state index is 14.8. The Kier molecular flexibility index (Phi) is 8.63. The van der Waals surface area contributed by atoms with Gasteiger partial charge in [-0.25, -0.2) is 19.2 Å². The molecular formula is C29H33Cl2FN4O5. The van der Waals surface area contributed by atoms with Crippen molar-refractivity contribution in [3.63, 3.8) is 0 Å². The number of aliphatic hydroxyl groups excluding tert-OH is 1. The second-order valence-electron chi connectivity index (χ2n) is 11.3. The monoisotopic (exact) mass is 606 g/mol. The molecule has 2 aliphatic rings. The molecule has 0 aliphatic carbocycles. The SMILES string of the molecule is CC(C)(C)OC(=O)N1[C@@H]2CC[C@H]1CC(Oc1cc3c(Nc4ccc(Cl)c(Cl)c4F)ncnc3cc1OCCCO)C2. The molecule has 1 amide bonds. The van der Waals surface area contributed by atoms with Gasteiger partial charge in [-0.3, -0.25) is 0 Å². The summed E-state index contributed by atoms with van der Waals surface area (Å²) >= 11 is 12.0. The molecule has 0 saturated carbocycles. The second-order valence-corrected chi connectivity index (χ2v) is 12.1. The van der Waals surface area contributed by atoms with Gasteiger partial charge in [0.25, 0.3) is 0 Å². The largest absolute Gasteiger partial charge is 0.490 e. The van der Waals surface area contributed by atoms with Crippen LogP contribution in [0.25, 0.3) is 10.9 Å². The molecule has 2 fully saturated rings. The lowest BCUT2D eigenvalue weighted by Crippen LogP contribution is -2.50. The summed E-state index contributed by atoms with van der Waals surface area (Å²) in [6.07, 6.45) is 4.42. The highest BCUT2D eigenvalue weighted by atomic mass is 35.5. The van der Waals surface area contributed by atoms with E-state index in [2.05, 4.69) is 15.3 Å². The van der Waals surface area contributed by atoms with E-state index >= 15 is 0 Å². The second kappa shape index (κ2) is 12.0. The molecule has 2 aliphatic heterocycles. The predicted octanol–water partition coefficient (Wildman–Crippen LogP) is 6.89. The quantitative estimate of drug-likeness (QED) is 0.211. The Morgan fingerprint density at radius 1 is 1.15 bits per heavy atom. The maximum atomic E-state index is 14.8. The van der Waals surface area contributed by atoms with Crippen LogP contribution in [0.15, 0.2) is 30.6 Å². The average Bonchev–Trinajstić information content (AvgIpc) is 3.19. The number of benzene rings is 2. The Bertz CT molecular complexity index is 1420. The van der Waals surface area contributed by atoms with Crippen molar-refractivity contribution in [2.75, 3.05) is 18.5 Å². The lowest BCUT2D eigenvalue weighted by atomic mass is 10.00. The van der Waals surface area contributed by atoms with Gasteiger partial charge < -0.3 is 29.5 Å². The lowest BCUT2D eigenvalue weighted by molar-refractivity contribution is -0.00744. The molecule has 0 spiro atoms. The Hall–Kier alpha value is -3.08. The molecule has 12 heteroatoms. The summed E-state index contributed by atoms with van der Waals surface area (Å²) in [7, 11) is 0. The van der Waals surface area contributed by atoms with Crippen molar-refractivity contribution in [1.29, 1.82) is 0 Å². The fourth-order valence-electron chi connectivity index (χ4n) is 5.38. The molecule has 9 nitrogen and oxygen atoms in total. The zero-order chi connectivity index (χ0) is 29.3. The van der Waals surface area contributed by atoms with Crippen LogP contribution in [0.5, 0.6) is 11.5 Å². The number of amides is 1. The number of hydrogen-bond acceptors (Lipinski definition) is 8. The molecular weight excluding hydrogens is 574 g/mol. The fourth-order valence-corrected chi connectivity index (χ4v) is 5.69. The summed E-state index contributed by atoms with van der Waals surface area (Å²) < 4.78 is 33.0. The van der Waals surface area contributed by atoms with Gasteiger partial charge in [-0.2, -0.15) is 0 Å². The van der Waals surface area contributed by atoms with Crippen LogP contribution in [0.2, 0.25) is 10.0 Å². The van der Waals surface area contributed by atoms with Crippen molar-refractivity contribution in [2.24, 2.45) is 0 Å². The number of anilines is 2. The minimum Gasteiger partial charge on any atom is -0.490 e. The van der Waals surface area contributed by atoms with E-state index in [1.807, 2.05) is 25.7 Å². The highest BCUT2D eigenvalue weighted by Crippen LogP contribution is 2.42. The Morgan fingerprint density at radius 3 is 2.56 bits per heavy atom. The predicted molar refractivity (Wildman–Crippen MR) is 155 cm³/mol. The fraction of sp³-hybridized carbons (Fsp3) is 0.483. The first-order valence-corrected chi connectivity index (χ1v) is 14.4. The molecule has 1 unspecified atom stereocenters. The van der Waals surface area contributed by atoms with Crippen molar-refractivity contribution in [3.8, 4) is 11.5 Å². The van der Waals surface area contributed by atoms with Gasteiger partial charge in [0.15, 0.2) is 17.3 Å². The minimum atomic E-state index is -0.696. The first-order chi connectivity index (χ1) is 19.5. The molecule has 3 heterocycles. The van der Waals surface area contributed by atoms with E-state index in [1.54, 1.807) is 12.1 Å². The number of halogens is 3. The van der Waals surface area contributed by atoms with Gasteiger partial charge in [0.2, 0.25) is 0 Å². The van der Waals surface area contributed by atoms with Gasteiger partial charge >= 0.3 is 6.09 Å². The number of carbonyl (C=O) groups excluding carboxylic acids is 1. The first-order valence-electron chi connectivity index (χ1n) is 13.6. The number of hydrogen-bond donors (Lipinski definition) is 2.